The van der Waals surface area contributed by atoms with Crippen molar-refractivity contribution in [3.05, 3.63) is 47.0 Å². The molecule has 0 amide bonds. The molecule has 0 saturated carbocycles. The van der Waals surface area contributed by atoms with E-state index in [2.05, 4.69) is 23.8 Å². The molecule has 0 aliphatic rings. The van der Waals surface area contributed by atoms with Crippen LogP contribution in [-0.4, -0.2) is 21.5 Å². The largest absolute Gasteiger partial charge is 0.356 e. The smallest absolute Gasteiger partial charge is 0.251 e. The molecule has 0 spiro atoms. The Balaban J connectivity index is 2.12. The van der Waals surface area contributed by atoms with E-state index in [-0.39, 0.29) is 0 Å². The SMILES string of the molecule is CCCc1ccc(C(=O)C(=O)c2ccc(CCC)[nH]2)[nH]1. The summed E-state index contributed by atoms with van der Waals surface area (Å²) in [7, 11) is 0. The van der Waals surface area contributed by atoms with Gasteiger partial charge in [-0.3, -0.25) is 9.59 Å². The Morgan fingerprint density at radius 1 is 0.800 bits per heavy atom. The lowest BCUT2D eigenvalue weighted by atomic mass is 10.1. The van der Waals surface area contributed by atoms with E-state index in [1.54, 1.807) is 12.1 Å². The Morgan fingerprint density at radius 2 is 1.20 bits per heavy atom. The Bertz CT molecular complexity index is 553. The van der Waals surface area contributed by atoms with Crippen molar-refractivity contribution in [3.63, 3.8) is 0 Å². The maximum Gasteiger partial charge on any atom is 0.251 e. The molecule has 0 radical (unpaired) electrons. The number of Topliss-reactive ketones (excluding diaryl/α,β-unsaturated/α-hetero) is 2. The number of carbonyl (C=O) groups excluding carboxylic acids is 2. The van der Waals surface area contributed by atoms with Crippen LogP contribution in [0.15, 0.2) is 24.3 Å². The number of aromatic nitrogens is 2. The molecule has 0 atom stereocenters. The van der Waals surface area contributed by atoms with Crippen LogP contribution in [0, 0.1) is 0 Å². The molecule has 0 aliphatic heterocycles. The Kier molecular flexibility index (Phi) is 4.56. The van der Waals surface area contributed by atoms with Crippen LogP contribution in [0.3, 0.4) is 0 Å². The molecule has 2 aromatic rings. The molecule has 106 valence electrons. The molecule has 4 nitrogen and oxygen atoms in total. The zero-order chi connectivity index (χ0) is 14.5. The maximum atomic E-state index is 12.1. The van der Waals surface area contributed by atoms with Gasteiger partial charge in [-0.2, -0.15) is 0 Å². The molecular formula is C16H20N2O2. The van der Waals surface area contributed by atoms with E-state index in [1.807, 2.05) is 12.1 Å². The number of rotatable bonds is 7. The molecular weight excluding hydrogens is 252 g/mol. The van der Waals surface area contributed by atoms with E-state index in [0.717, 1.165) is 37.1 Å². The van der Waals surface area contributed by atoms with Crippen molar-refractivity contribution in [2.24, 2.45) is 0 Å². The van der Waals surface area contributed by atoms with Gasteiger partial charge in [-0.1, -0.05) is 26.7 Å². The average Bonchev–Trinajstić information content (AvgIpc) is 3.07. The van der Waals surface area contributed by atoms with Crippen LogP contribution in [0.5, 0.6) is 0 Å². The molecule has 0 saturated heterocycles. The highest BCUT2D eigenvalue weighted by atomic mass is 16.2. The minimum absolute atomic E-state index is 0.366. The van der Waals surface area contributed by atoms with Gasteiger partial charge in [-0.05, 0) is 37.1 Å². The molecule has 0 aromatic carbocycles. The van der Waals surface area contributed by atoms with Crippen molar-refractivity contribution in [2.45, 2.75) is 39.5 Å². The van der Waals surface area contributed by atoms with Crippen LogP contribution in [0.1, 0.15) is 59.1 Å². The van der Waals surface area contributed by atoms with Crippen LogP contribution in [0.4, 0.5) is 0 Å². The number of hydrogen-bond donors (Lipinski definition) is 2. The fourth-order valence-electron chi connectivity index (χ4n) is 2.22. The average molecular weight is 272 g/mol. The second kappa shape index (κ2) is 6.37. The lowest BCUT2D eigenvalue weighted by Gasteiger charge is -1.97. The number of aromatic amines is 2. The molecule has 2 rings (SSSR count). The number of aryl methyl sites for hydroxylation is 2. The number of hydrogen-bond acceptors (Lipinski definition) is 2. The van der Waals surface area contributed by atoms with Gasteiger partial charge in [0.05, 0.1) is 11.4 Å². The van der Waals surface area contributed by atoms with Gasteiger partial charge in [-0.25, -0.2) is 0 Å². The predicted octanol–water partition coefficient (Wildman–Crippen LogP) is 3.31. The number of H-pyrrole nitrogens is 2. The van der Waals surface area contributed by atoms with Crippen molar-refractivity contribution in [2.75, 3.05) is 0 Å². The quantitative estimate of drug-likeness (QED) is 0.600. The van der Waals surface area contributed by atoms with Gasteiger partial charge in [0.15, 0.2) is 0 Å². The number of ketones is 2. The Morgan fingerprint density at radius 3 is 1.55 bits per heavy atom. The first kappa shape index (κ1) is 14.3. The van der Waals surface area contributed by atoms with Gasteiger partial charge in [0, 0.05) is 11.4 Å². The molecule has 4 heteroatoms. The van der Waals surface area contributed by atoms with E-state index >= 15 is 0 Å². The zero-order valence-electron chi connectivity index (χ0n) is 12.0. The van der Waals surface area contributed by atoms with Gasteiger partial charge in [0.2, 0.25) is 0 Å². The Hall–Kier alpha value is -2.10. The monoisotopic (exact) mass is 272 g/mol. The summed E-state index contributed by atoms with van der Waals surface area (Å²) in [6, 6.07) is 7.09. The third kappa shape index (κ3) is 3.07. The standard InChI is InChI=1S/C16H20N2O2/c1-3-5-11-7-9-13(17-11)15(19)16(20)14-10-8-12(18-14)6-4-2/h7-10,17-18H,3-6H2,1-2H3. The summed E-state index contributed by atoms with van der Waals surface area (Å²) in [5.74, 6) is -0.977. The second-order valence-electron chi connectivity index (χ2n) is 4.95. The lowest BCUT2D eigenvalue weighted by Crippen LogP contribution is -2.15. The summed E-state index contributed by atoms with van der Waals surface area (Å²) in [5.41, 5.74) is 2.71. The minimum atomic E-state index is -0.489. The van der Waals surface area contributed by atoms with Crippen LogP contribution < -0.4 is 0 Å². The summed E-state index contributed by atoms with van der Waals surface area (Å²) in [6.07, 6.45) is 3.76. The Labute approximate surface area is 118 Å². The number of nitrogens with one attached hydrogen (secondary N) is 2. The second-order valence-corrected chi connectivity index (χ2v) is 4.95. The van der Waals surface area contributed by atoms with Gasteiger partial charge >= 0.3 is 0 Å². The van der Waals surface area contributed by atoms with Crippen molar-refractivity contribution < 1.29 is 9.59 Å². The molecule has 0 fully saturated rings. The van der Waals surface area contributed by atoms with E-state index in [9.17, 15) is 9.59 Å². The van der Waals surface area contributed by atoms with Crippen LogP contribution >= 0.6 is 0 Å². The van der Waals surface area contributed by atoms with Gasteiger partial charge in [-0.15, -0.1) is 0 Å². The highest BCUT2D eigenvalue weighted by Gasteiger charge is 2.21. The molecule has 2 aromatic heterocycles. The van der Waals surface area contributed by atoms with E-state index in [0.29, 0.717) is 11.4 Å². The van der Waals surface area contributed by atoms with Crippen LogP contribution in [-0.2, 0) is 12.8 Å². The molecule has 20 heavy (non-hydrogen) atoms. The first-order valence-electron chi connectivity index (χ1n) is 7.10. The number of carbonyl (C=O) groups is 2. The normalized spacial score (nSPS) is 10.7. The van der Waals surface area contributed by atoms with Gasteiger partial charge in [0.25, 0.3) is 11.6 Å². The minimum Gasteiger partial charge on any atom is -0.356 e. The van der Waals surface area contributed by atoms with Crippen molar-refractivity contribution in [3.8, 4) is 0 Å². The third-order valence-electron chi connectivity index (χ3n) is 3.23. The van der Waals surface area contributed by atoms with Gasteiger partial charge < -0.3 is 9.97 Å². The highest BCUT2D eigenvalue weighted by Crippen LogP contribution is 2.10. The molecule has 2 N–H and O–H groups in total. The fraction of sp³-hybridized carbons (Fsp3) is 0.375. The van der Waals surface area contributed by atoms with Crippen LogP contribution in [0.2, 0.25) is 0 Å². The molecule has 0 bridgehead atoms. The highest BCUT2D eigenvalue weighted by molar-refractivity contribution is 6.48. The van der Waals surface area contributed by atoms with E-state index in [4.69, 9.17) is 0 Å². The summed E-state index contributed by atoms with van der Waals surface area (Å²) < 4.78 is 0. The first-order chi connectivity index (χ1) is 9.65. The van der Waals surface area contributed by atoms with E-state index < -0.39 is 11.6 Å². The van der Waals surface area contributed by atoms with Crippen LogP contribution in [0.25, 0.3) is 0 Å². The van der Waals surface area contributed by atoms with Crippen molar-refractivity contribution >= 4 is 11.6 Å². The summed E-state index contributed by atoms with van der Waals surface area (Å²) in [6.45, 7) is 4.14. The zero-order valence-corrected chi connectivity index (χ0v) is 12.0. The fourth-order valence-corrected chi connectivity index (χ4v) is 2.22. The van der Waals surface area contributed by atoms with Gasteiger partial charge in [0.1, 0.15) is 0 Å². The summed E-state index contributed by atoms with van der Waals surface area (Å²) in [4.78, 5) is 30.3. The summed E-state index contributed by atoms with van der Waals surface area (Å²) >= 11 is 0. The predicted molar refractivity (Wildman–Crippen MR) is 78.2 cm³/mol. The first-order valence-corrected chi connectivity index (χ1v) is 7.10. The summed E-state index contributed by atoms with van der Waals surface area (Å²) in [5, 5.41) is 0. The van der Waals surface area contributed by atoms with Crippen molar-refractivity contribution in [1.29, 1.82) is 0 Å². The topological polar surface area (TPSA) is 65.7 Å². The molecule has 0 unspecified atom stereocenters. The van der Waals surface area contributed by atoms with E-state index in [1.165, 1.54) is 0 Å². The third-order valence-corrected chi connectivity index (χ3v) is 3.23. The maximum absolute atomic E-state index is 12.1. The lowest BCUT2D eigenvalue weighted by molar-refractivity contribution is 0.0811. The molecule has 2 heterocycles. The van der Waals surface area contributed by atoms with Crippen molar-refractivity contribution in [1.82, 2.24) is 9.97 Å². The molecule has 0 aliphatic carbocycles.